The lowest BCUT2D eigenvalue weighted by Crippen LogP contribution is -2.14. The van der Waals surface area contributed by atoms with E-state index < -0.39 is 0 Å². The van der Waals surface area contributed by atoms with E-state index in [2.05, 4.69) is 10.4 Å². The Morgan fingerprint density at radius 2 is 1.89 bits per heavy atom. The highest BCUT2D eigenvalue weighted by atomic mass is 16.5. The molecule has 1 N–H and O–H groups in total. The molecule has 1 amide bonds. The van der Waals surface area contributed by atoms with Crippen molar-refractivity contribution in [2.24, 2.45) is 7.05 Å². The number of aryl methyl sites for hydroxylation is 2. The van der Waals surface area contributed by atoms with Gasteiger partial charge in [0.2, 0.25) is 0 Å². The summed E-state index contributed by atoms with van der Waals surface area (Å²) in [6.07, 6.45) is 0. The van der Waals surface area contributed by atoms with Crippen molar-refractivity contribution >= 4 is 11.6 Å². The lowest BCUT2D eigenvalue weighted by molar-refractivity contribution is 0.102. The van der Waals surface area contributed by atoms with Crippen LogP contribution < -0.4 is 10.1 Å². The summed E-state index contributed by atoms with van der Waals surface area (Å²) in [5.41, 5.74) is 2.93. The lowest BCUT2D eigenvalue weighted by atomic mass is 10.2. The summed E-state index contributed by atoms with van der Waals surface area (Å²) in [6.45, 7) is 3.71. The minimum Gasteiger partial charge on any atom is -0.497 e. The predicted octanol–water partition coefficient (Wildman–Crippen LogP) is 2.30. The summed E-state index contributed by atoms with van der Waals surface area (Å²) in [7, 11) is 3.43. The average Bonchev–Trinajstić information content (AvgIpc) is 2.64. The Morgan fingerprint density at radius 3 is 2.37 bits per heavy atom. The Morgan fingerprint density at radius 1 is 1.26 bits per heavy atom. The summed E-state index contributed by atoms with van der Waals surface area (Å²) < 4.78 is 6.78. The van der Waals surface area contributed by atoms with Crippen LogP contribution in [-0.4, -0.2) is 22.8 Å². The minimum atomic E-state index is -0.145. The van der Waals surface area contributed by atoms with Gasteiger partial charge in [-0.05, 0) is 38.1 Å². The molecule has 1 aromatic carbocycles. The number of benzene rings is 1. The molecule has 0 atom stereocenters. The third kappa shape index (κ3) is 2.59. The minimum absolute atomic E-state index is 0.145. The van der Waals surface area contributed by atoms with Crippen LogP contribution in [0.15, 0.2) is 24.3 Å². The lowest BCUT2D eigenvalue weighted by Gasteiger charge is -2.06. The second-order valence-electron chi connectivity index (χ2n) is 4.35. The van der Waals surface area contributed by atoms with Gasteiger partial charge in [-0.25, -0.2) is 0 Å². The summed E-state index contributed by atoms with van der Waals surface area (Å²) >= 11 is 0. The Balaban J connectivity index is 2.20. The van der Waals surface area contributed by atoms with Crippen molar-refractivity contribution in [1.82, 2.24) is 9.78 Å². The molecular weight excluding hydrogens is 242 g/mol. The van der Waals surface area contributed by atoms with Gasteiger partial charge in [-0.3, -0.25) is 9.48 Å². The molecule has 0 aliphatic rings. The quantitative estimate of drug-likeness (QED) is 0.920. The van der Waals surface area contributed by atoms with E-state index >= 15 is 0 Å². The first-order chi connectivity index (χ1) is 9.02. The van der Waals surface area contributed by atoms with Crippen molar-refractivity contribution in [3.05, 3.63) is 41.2 Å². The largest absolute Gasteiger partial charge is 0.497 e. The standard InChI is InChI=1S/C14H17N3O2/c1-9-13(10(2)17(3)16-9)14(18)15-11-5-7-12(19-4)8-6-11/h5-8H,1-4H3,(H,15,18). The van der Waals surface area contributed by atoms with Crippen molar-refractivity contribution in [1.29, 1.82) is 0 Å². The second-order valence-corrected chi connectivity index (χ2v) is 4.35. The summed E-state index contributed by atoms with van der Waals surface area (Å²) in [6, 6.07) is 7.21. The fourth-order valence-corrected chi connectivity index (χ4v) is 1.97. The van der Waals surface area contributed by atoms with E-state index in [9.17, 15) is 4.79 Å². The Hall–Kier alpha value is -2.30. The van der Waals surface area contributed by atoms with Gasteiger partial charge in [0.25, 0.3) is 5.91 Å². The molecule has 100 valence electrons. The predicted molar refractivity (Wildman–Crippen MR) is 73.6 cm³/mol. The zero-order valence-electron chi connectivity index (χ0n) is 11.5. The molecule has 0 radical (unpaired) electrons. The number of hydrogen-bond donors (Lipinski definition) is 1. The van der Waals surface area contributed by atoms with E-state index in [1.165, 1.54) is 0 Å². The van der Waals surface area contributed by atoms with Gasteiger partial charge in [0, 0.05) is 18.4 Å². The Bertz CT molecular complexity index is 600. The SMILES string of the molecule is COc1ccc(NC(=O)c2c(C)nn(C)c2C)cc1. The van der Waals surface area contributed by atoms with Gasteiger partial charge in [0.15, 0.2) is 0 Å². The molecule has 0 fully saturated rings. The molecule has 0 aliphatic carbocycles. The fourth-order valence-electron chi connectivity index (χ4n) is 1.97. The molecule has 0 aliphatic heterocycles. The van der Waals surface area contributed by atoms with Crippen molar-refractivity contribution in [3.63, 3.8) is 0 Å². The smallest absolute Gasteiger partial charge is 0.259 e. The molecular formula is C14H17N3O2. The Labute approximate surface area is 112 Å². The molecule has 19 heavy (non-hydrogen) atoms. The number of hydrogen-bond acceptors (Lipinski definition) is 3. The number of nitrogens with one attached hydrogen (secondary N) is 1. The highest BCUT2D eigenvalue weighted by Gasteiger charge is 2.17. The van der Waals surface area contributed by atoms with E-state index in [-0.39, 0.29) is 5.91 Å². The molecule has 2 rings (SSSR count). The zero-order valence-corrected chi connectivity index (χ0v) is 11.5. The molecule has 0 bridgehead atoms. The number of aromatic nitrogens is 2. The van der Waals surface area contributed by atoms with Crippen LogP contribution in [0.4, 0.5) is 5.69 Å². The molecule has 2 aromatic rings. The molecule has 1 aromatic heterocycles. The number of carbonyl (C=O) groups excluding carboxylic acids is 1. The van der Waals surface area contributed by atoms with Crippen molar-refractivity contribution < 1.29 is 9.53 Å². The maximum absolute atomic E-state index is 12.2. The Kier molecular flexibility index (Phi) is 3.55. The van der Waals surface area contributed by atoms with Crippen LogP contribution in [0.3, 0.4) is 0 Å². The molecule has 0 spiro atoms. The van der Waals surface area contributed by atoms with Crippen molar-refractivity contribution in [3.8, 4) is 5.75 Å². The van der Waals surface area contributed by atoms with Gasteiger partial charge >= 0.3 is 0 Å². The monoisotopic (exact) mass is 259 g/mol. The van der Waals surface area contributed by atoms with Gasteiger partial charge in [-0.1, -0.05) is 0 Å². The first-order valence-corrected chi connectivity index (χ1v) is 5.98. The normalized spacial score (nSPS) is 10.3. The van der Waals surface area contributed by atoms with E-state index in [4.69, 9.17) is 4.74 Å². The van der Waals surface area contributed by atoms with Crippen LogP contribution in [0, 0.1) is 13.8 Å². The van der Waals surface area contributed by atoms with E-state index in [0.717, 1.165) is 22.8 Å². The van der Waals surface area contributed by atoms with Crippen LogP contribution in [0.1, 0.15) is 21.7 Å². The summed E-state index contributed by atoms with van der Waals surface area (Å²) in [5.74, 6) is 0.611. The maximum Gasteiger partial charge on any atom is 0.259 e. The molecule has 0 unspecified atom stereocenters. The van der Waals surface area contributed by atoms with Gasteiger partial charge < -0.3 is 10.1 Å². The molecule has 0 saturated carbocycles. The van der Waals surface area contributed by atoms with Crippen LogP contribution in [-0.2, 0) is 7.05 Å². The topological polar surface area (TPSA) is 56.1 Å². The fraction of sp³-hybridized carbons (Fsp3) is 0.286. The van der Waals surface area contributed by atoms with Gasteiger partial charge in [-0.15, -0.1) is 0 Å². The zero-order chi connectivity index (χ0) is 14.0. The number of ether oxygens (including phenoxy) is 1. The molecule has 1 heterocycles. The van der Waals surface area contributed by atoms with Crippen molar-refractivity contribution in [2.45, 2.75) is 13.8 Å². The van der Waals surface area contributed by atoms with E-state index in [1.54, 1.807) is 36.1 Å². The maximum atomic E-state index is 12.2. The van der Waals surface area contributed by atoms with Crippen molar-refractivity contribution in [2.75, 3.05) is 12.4 Å². The number of nitrogens with zero attached hydrogens (tertiary/aromatic N) is 2. The van der Waals surface area contributed by atoms with Gasteiger partial charge in [0.1, 0.15) is 5.75 Å². The highest BCUT2D eigenvalue weighted by Crippen LogP contribution is 2.18. The first kappa shape index (κ1) is 13.1. The number of anilines is 1. The highest BCUT2D eigenvalue weighted by molar-refractivity contribution is 6.05. The van der Waals surface area contributed by atoms with Gasteiger partial charge in [-0.2, -0.15) is 5.10 Å². The third-order valence-electron chi connectivity index (χ3n) is 3.08. The second kappa shape index (κ2) is 5.14. The summed E-state index contributed by atoms with van der Waals surface area (Å²) in [5, 5.41) is 7.09. The first-order valence-electron chi connectivity index (χ1n) is 5.98. The van der Waals surface area contributed by atoms with Gasteiger partial charge in [0.05, 0.1) is 18.4 Å². The van der Waals surface area contributed by atoms with E-state index in [0.29, 0.717) is 5.56 Å². The van der Waals surface area contributed by atoms with Crippen LogP contribution >= 0.6 is 0 Å². The summed E-state index contributed by atoms with van der Waals surface area (Å²) in [4.78, 5) is 12.2. The average molecular weight is 259 g/mol. The molecule has 5 nitrogen and oxygen atoms in total. The van der Waals surface area contributed by atoms with Crippen LogP contribution in [0.25, 0.3) is 0 Å². The third-order valence-corrected chi connectivity index (χ3v) is 3.08. The number of carbonyl (C=O) groups is 1. The van der Waals surface area contributed by atoms with Crippen LogP contribution in [0.5, 0.6) is 5.75 Å². The van der Waals surface area contributed by atoms with E-state index in [1.807, 2.05) is 20.9 Å². The number of rotatable bonds is 3. The number of amides is 1. The molecule has 5 heteroatoms. The van der Waals surface area contributed by atoms with Crippen LogP contribution in [0.2, 0.25) is 0 Å². The molecule has 0 saturated heterocycles. The number of methoxy groups -OCH3 is 1.